The van der Waals surface area contributed by atoms with E-state index in [1.165, 1.54) is 13.4 Å². The number of hydrogen-bond donors (Lipinski definition) is 1. The van der Waals surface area contributed by atoms with Crippen LogP contribution in [0.2, 0.25) is 0 Å². The maximum Gasteiger partial charge on any atom is 0.370 e. The molecule has 0 aromatic rings. The predicted molar refractivity (Wildman–Crippen MR) is 45.7 cm³/mol. The van der Waals surface area contributed by atoms with Gasteiger partial charge in [0.2, 0.25) is 0 Å². The third-order valence-electron chi connectivity index (χ3n) is 0.798. The van der Waals surface area contributed by atoms with Crippen LogP contribution in [0.3, 0.4) is 0 Å². The summed E-state index contributed by atoms with van der Waals surface area (Å²) in [5.74, 6) is -2.08. The number of rotatable bonds is 3. The van der Waals surface area contributed by atoms with Crippen molar-refractivity contribution >= 4 is 11.9 Å². The average Bonchev–Trinajstić information content (AvgIpc) is 2.17. The van der Waals surface area contributed by atoms with Crippen molar-refractivity contribution < 1.29 is 24.2 Å². The molecule has 0 amide bonds. The van der Waals surface area contributed by atoms with Crippen LogP contribution >= 0.6 is 0 Å². The molecule has 0 aromatic heterocycles. The van der Waals surface area contributed by atoms with Gasteiger partial charge < -0.3 is 14.6 Å². The summed E-state index contributed by atoms with van der Waals surface area (Å²) >= 11 is 0. The molecule has 1 N–H and O–H groups in total. The van der Waals surface area contributed by atoms with Crippen LogP contribution in [-0.2, 0) is 19.1 Å². The first-order chi connectivity index (χ1) is 6.49. The van der Waals surface area contributed by atoms with Crippen LogP contribution in [0.1, 0.15) is 0 Å². The summed E-state index contributed by atoms with van der Waals surface area (Å²) in [5, 5.41) is 15.6. The van der Waals surface area contributed by atoms with Gasteiger partial charge in [0.15, 0.2) is 5.76 Å². The fourth-order valence-corrected chi connectivity index (χ4v) is 0.174. The Kier molecular flexibility index (Phi) is 8.96. The van der Waals surface area contributed by atoms with Gasteiger partial charge in [-0.15, -0.1) is 5.26 Å². The highest BCUT2D eigenvalue weighted by Gasteiger charge is 1.98. The lowest BCUT2D eigenvalue weighted by Crippen LogP contribution is -1.99. The van der Waals surface area contributed by atoms with E-state index in [9.17, 15) is 9.59 Å². The first-order valence-electron chi connectivity index (χ1n) is 3.18. The molecule has 6 heteroatoms. The van der Waals surface area contributed by atoms with Crippen molar-refractivity contribution in [1.82, 2.24) is 0 Å². The lowest BCUT2D eigenvalue weighted by Gasteiger charge is -1.92. The van der Waals surface area contributed by atoms with Crippen molar-refractivity contribution in [2.24, 2.45) is 0 Å². The monoisotopic (exact) mass is 199 g/mol. The molecular weight excluding hydrogens is 190 g/mol. The number of hydrogen-bond acceptors (Lipinski definition) is 5. The van der Waals surface area contributed by atoms with Crippen LogP contribution in [0, 0.1) is 11.5 Å². The topological polar surface area (TPSA) is 96.6 Å². The number of carboxylic acids is 1. The van der Waals surface area contributed by atoms with Gasteiger partial charge >= 0.3 is 11.9 Å². The van der Waals surface area contributed by atoms with E-state index in [0.29, 0.717) is 0 Å². The highest BCUT2D eigenvalue weighted by molar-refractivity contribution is 5.83. The Morgan fingerprint density at radius 3 is 2.14 bits per heavy atom. The van der Waals surface area contributed by atoms with Gasteiger partial charge in [0.25, 0.3) is 6.26 Å². The number of carbonyl (C=O) groups excluding carboxylic acids is 1. The van der Waals surface area contributed by atoms with Crippen molar-refractivity contribution in [3.05, 3.63) is 25.0 Å². The van der Waals surface area contributed by atoms with E-state index in [0.717, 1.165) is 6.08 Å². The summed E-state index contributed by atoms with van der Waals surface area (Å²) < 4.78 is 7.96. The minimum absolute atomic E-state index is 0.236. The Morgan fingerprint density at radius 2 is 2.07 bits per heavy atom. The number of nitrogens with zero attached hydrogens (tertiary/aromatic N) is 1. The van der Waals surface area contributed by atoms with Crippen molar-refractivity contribution in [3.8, 4) is 6.26 Å². The maximum absolute atomic E-state index is 9.85. The Balaban J connectivity index is 0. The van der Waals surface area contributed by atoms with Gasteiger partial charge in [-0.1, -0.05) is 6.58 Å². The Hall–Kier alpha value is -2.29. The highest BCUT2D eigenvalue weighted by atomic mass is 16.5. The first kappa shape index (κ1) is 14.2. The molecule has 6 nitrogen and oxygen atoms in total. The van der Waals surface area contributed by atoms with Crippen LogP contribution in [0.25, 0.3) is 0 Å². The number of methoxy groups -OCH3 is 1. The molecule has 0 fully saturated rings. The molecule has 0 atom stereocenters. The molecular formula is C8H9NO5. The minimum atomic E-state index is -1.12. The third-order valence-corrected chi connectivity index (χ3v) is 0.798. The van der Waals surface area contributed by atoms with E-state index in [4.69, 9.17) is 10.4 Å². The second-order valence-electron chi connectivity index (χ2n) is 1.65. The Bertz CT molecular complexity index is 276. The lowest BCUT2D eigenvalue weighted by molar-refractivity contribution is -0.136. The smallest absolute Gasteiger partial charge is 0.370 e. The number of carboxylic acid groups (broad SMARTS) is 1. The van der Waals surface area contributed by atoms with E-state index >= 15 is 0 Å². The van der Waals surface area contributed by atoms with Gasteiger partial charge in [-0.05, 0) is 6.58 Å². The fourth-order valence-electron chi connectivity index (χ4n) is 0.174. The molecule has 0 spiro atoms. The molecule has 0 aromatic carbocycles. The molecule has 0 aliphatic heterocycles. The average molecular weight is 199 g/mol. The van der Waals surface area contributed by atoms with Crippen LogP contribution in [0.15, 0.2) is 25.0 Å². The number of esters is 1. The summed E-state index contributed by atoms with van der Waals surface area (Å²) in [6.45, 7) is 6.10. The van der Waals surface area contributed by atoms with E-state index < -0.39 is 11.9 Å². The summed E-state index contributed by atoms with van der Waals surface area (Å²) in [7, 11) is 1.26. The number of ether oxygens (including phenoxy) is 2. The number of aliphatic carboxylic acids is 1. The second kappa shape index (κ2) is 8.80. The summed E-state index contributed by atoms with van der Waals surface area (Å²) in [5.41, 5.74) is 0. The van der Waals surface area contributed by atoms with Gasteiger partial charge in [0.05, 0.1) is 7.11 Å². The summed E-state index contributed by atoms with van der Waals surface area (Å²) in [6.07, 6.45) is 2.12. The van der Waals surface area contributed by atoms with Crippen LogP contribution in [-0.4, -0.2) is 24.2 Å². The van der Waals surface area contributed by atoms with Crippen LogP contribution in [0.5, 0.6) is 0 Å². The first-order valence-corrected chi connectivity index (χ1v) is 3.18. The Labute approximate surface area is 80.7 Å². The normalized spacial score (nSPS) is 6.86. The van der Waals surface area contributed by atoms with Crippen LogP contribution < -0.4 is 0 Å². The van der Waals surface area contributed by atoms with Gasteiger partial charge in [0.1, 0.15) is 0 Å². The zero-order valence-corrected chi connectivity index (χ0v) is 7.52. The van der Waals surface area contributed by atoms with Gasteiger partial charge in [-0.25, -0.2) is 9.59 Å². The van der Waals surface area contributed by atoms with Crippen molar-refractivity contribution in [3.63, 3.8) is 0 Å². The second-order valence-corrected chi connectivity index (χ2v) is 1.65. The highest BCUT2D eigenvalue weighted by Crippen LogP contribution is 1.86. The Morgan fingerprint density at radius 1 is 1.57 bits per heavy atom. The molecule has 0 rings (SSSR count). The molecule has 0 unspecified atom stereocenters. The molecule has 0 saturated carbocycles. The molecule has 76 valence electrons. The SMILES string of the molecule is C=C(OC)C(=O)O.C=CC(=O)OC#N. The quantitative estimate of drug-likeness (QED) is 0.306. The molecule has 0 radical (unpaired) electrons. The minimum Gasteiger partial charge on any atom is -0.490 e. The van der Waals surface area contributed by atoms with E-state index in [2.05, 4.69) is 22.6 Å². The molecule has 0 saturated heterocycles. The van der Waals surface area contributed by atoms with Crippen LogP contribution in [0.4, 0.5) is 0 Å². The van der Waals surface area contributed by atoms with E-state index in [-0.39, 0.29) is 5.76 Å². The fraction of sp³-hybridized carbons (Fsp3) is 0.125. The zero-order valence-electron chi connectivity index (χ0n) is 7.52. The number of carbonyl (C=O) groups is 2. The molecule has 0 aliphatic rings. The van der Waals surface area contributed by atoms with Gasteiger partial charge in [-0.3, -0.25) is 0 Å². The largest absolute Gasteiger partial charge is 0.490 e. The van der Waals surface area contributed by atoms with E-state index in [1.807, 2.05) is 0 Å². The third kappa shape index (κ3) is 9.71. The van der Waals surface area contributed by atoms with Gasteiger partial charge in [0, 0.05) is 6.08 Å². The molecule has 0 aliphatic carbocycles. The summed E-state index contributed by atoms with van der Waals surface area (Å²) in [4.78, 5) is 19.6. The molecule has 14 heavy (non-hydrogen) atoms. The predicted octanol–water partition coefficient (Wildman–Crippen LogP) is 0.428. The van der Waals surface area contributed by atoms with Gasteiger partial charge in [-0.2, -0.15) is 0 Å². The van der Waals surface area contributed by atoms with Crippen molar-refractivity contribution in [2.45, 2.75) is 0 Å². The maximum atomic E-state index is 9.85. The molecule has 0 heterocycles. The molecule has 0 bridgehead atoms. The zero-order chi connectivity index (χ0) is 11.6. The van der Waals surface area contributed by atoms with Crippen molar-refractivity contribution in [1.29, 1.82) is 5.26 Å². The van der Waals surface area contributed by atoms with Crippen molar-refractivity contribution in [2.75, 3.05) is 7.11 Å². The lowest BCUT2D eigenvalue weighted by atomic mass is 10.6. The summed E-state index contributed by atoms with van der Waals surface area (Å²) in [6, 6.07) is 0. The number of nitriles is 1. The van der Waals surface area contributed by atoms with E-state index in [1.54, 1.807) is 0 Å². The standard InChI is InChI=1S/C4H3NO2.C4H6O3/c1-2-4(6)7-3-5;1-3(7-2)4(5)6/h2H,1H2;1H2,2H3,(H,5,6).